The van der Waals surface area contributed by atoms with E-state index in [0.29, 0.717) is 28.0 Å². The van der Waals surface area contributed by atoms with Crippen molar-refractivity contribution in [3.05, 3.63) is 76.6 Å². The Morgan fingerprint density at radius 1 is 1.05 bits per heavy atom. The number of carbonyl (C=O) groups is 2. The Labute approximate surface area is 241 Å². The Morgan fingerprint density at radius 2 is 1.75 bits per heavy atom. The molecule has 40 heavy (non-hydrogen) atoms. The third-order valence-electron chi connectivity index (χ3n) is 5.52. The average Bonchev–Trinajstić information content (AvgIpc) is 3.48. The van der Waals surface area contributed by atoms with Gasteiger partial charge in [0.05, 0.1) is 22.9 Å². The third kappa shape index (κ3) is 7.34. The summed E-state index contributed by atoms with van der Waals surface area (Å²) in [6.07, 6.45) is 0. The van der Waals surface area contributed by atoms with Crippen molar-refractivity contribution >= 4 is 49.9 Å². The van der Waals surface area contributed by atoms with Gasteiger partial charge in [0.15, 0.2) is 25.9 Å². The standard InChI is InChI=1S/C27H29N5O5S3/c1-17(2)14-37-25(34)24-19(4)28-26(39-24)29-23(33)15-38-27-31-30-22(32(27)20-8-6-5-7-9-20)16-40(35,36)21-12-10-18(3)11-13-21/h5-13,17H,14-16H2,1-4H3,(H,28,29,33). The minimum Gasteiger partial charge on any atom is -0.461 e. The Kier molecular flexibility index (Phi) is 9.38. The number of sulfone groups is 1. The summed E-state index contributed by atoms with van der Waals surface area (Å²) < 4.78 is 33.2. The molecule has 210 valence electrons. The fourth-order valence-electron chi connectivity index (χ4n) is 3.56. The molecular formula is C27H29N5O5S3. The van der Waals surface area contributed by atoms with Crippen molar-refractivity contribution in [3.8, 4) is 5.69 Å². The summed E-state index contributed by atoms with van der Waals surface area (Å²) in [5, 5.41) is 11.7. The molecule has 0 aliphatic rings. The van der Waals surface area contributed by atoms with Crippen LogP contribution in [0.2, 0.25) is 0 Å². The van der Waals surface area contributed by atoms with Gasteiger partial charge in [-0.15, -0.1) is 10.2 Å². The lowest BCUT2D eigenvalue weighted by Gasteiger charge is -2.11. The van der Waals surface area contributed by atoms with E-state index in [1.807, 2.05) is 51.1 Å². The summed E-state index contributed by atoms with van der Waals surface area (Å²) in [6.45, 7) is 7.76. The molecule has 2 aromatic heterocycles. The Morgan fingerprint density at radius 3 is 2.42 bits per heavy atom. The number of amides is 1. The van der Waals surface area contributed by atoms with Gasteiger partial charge in [-0.05, 0) is 44.0 Å². The molecule has 0 saturated carbocycles. The normalized spacial score (nSPS) is 11.5. The number of thiazole rings is 1. The highest BCUT2D eigenvalue weighted by Crippen LogP contribution is 2.27. The molecule has 0 atom stereocenters. The smallest absolute Gasteiger partial charge is 0.350 e. The maximum atomic E-state index is 13.1. The monoisotopic (exact) mass is 599 g/mol. The van der Waals surface area contributed by atoms with Gasteiger partial charge in [0.2, 0.25) is 5.91 Å². The summed E-state index contributed by atoms with van der Waals surface area (Å²) in [6, 6.07) is 15.8. The largest absolute Gasteiger partial charge is 0.461 e. The first-order valence-electron chi connectivity index (χ1n) is 12.4. The maximum Gasteiger partial charge on any atom is 0.350 e. The predicted octanol–water partition coefficient (Wildman–Crippen LogP) is 4.86. The van der Waals surface area contributed by atoms with Crippen LogP contribution in [0.5, 0.6) is 0 Å². The van der Waals surface area contributed by atoms with Gasteiger partial charge in [0.25, 0.3) is 0 Å². The van der Waals surface area contributed by atoms with Gasteiger partial charge in [-0.3, -0.25) is 9.36 Å². The van der Waals surface area contributed by atoms with E-state index in [2.05, 4.69) is 20.5 Å². The number of aromatic nitrogens is 4. The van der Waals surface area contributed by atoms with Crippen LogP contribution < -0.4 is 5.32 Å². The molecule has 4 rings (SSSR count). The zero-order chi connectivity index (χ0) is 28.9. The van der Waals surface area contributed by atoms with Crippen molar-refractivity contribution in [1.82, 2.24) is 19.7 Å². The van der Waals surface area contributed by atoms with Crippen LogP contribution in [-0.4, -0.2) is 52.4 Å². The van der Waals surface area contributed by atoms with Gasteiger partial charge >= 0.3 is 5.97 Å². The number of carbonyl (C=O) groups excluding carboxylic acids is 2. The quantitative estimate of drug-likeness (QED) is 0.190. The zero-order valence-electron chi connectivity index (χ0n) is 22.4. The number of hydrogen-bond acceptors (Lipinski definition) is 10. The first-order chi connectivity index (χ1) is 19.0. The van der Waals surface area contributed by atoms with Crippen molar-refractivity contribution in [2.24, 2.45) is 5.92 Å². The number of esters is 1. The lowest BCUT2D eigenvalue weighted by molar-refractivity contribution is -0.113. The zero-order valence-corrected chi connectivity index (χ0v) is 24.9. The number of ether oxygens (including phenoxy) is 1. The molecule has 2 heterocycles. The van der Waals surface area contributed by atoms with Crippen LogP contribution in [0.15, 0.2) is 64.6 Å². The Balaban J connectivity index is 1.49. The van der Waals surface area contributed by atoms with Crippen LogP contribution in [0.25, 0.3) is 5.69 Å². The number of nitrogens with zero attached hydrogens (tertiary/aromatic N) is 4. The number of benzene rings is 2. The molecule has 0 radical (unpaired) electrons. The molecule has 0 saturated heterocycles. The van der Waals surface area contributed by atoms with E-state index in [1.54, 1.807) is 35.8 Å². The van der Waals surface area contributed by atoms with E-state index in [9.17, 15) is 18.0 Å². The van der Waals surface area contributed by atoms with Crippen molar-refractivity contribution in [2.45, 2.75) is 43.5 Å². The molecule has 13 heteroatoms. The molecule has 0 aliphatic carbocycles. The summed E-state index contributed by atoms with van der Waals surface area (Å²) in [7, 11) is -3.69. The van der Waals surface area contributed by atoms with Gasteiger partial charge in [-0.1, -0.05) is 72.8 Å². The van der Waals surface area contributed by atoms with Gasteiger partial charge in [0, 0.05) is 5.69 Å². The van der Waals surface area contributed by atoms with Gasteiger partial charge in [-0.25, -0.2) is 18.2 Å². The molecule has 0 unspecified atom stereocenters. The van der Waals surface area contributed by atoms with Crippen molar-refractivity contribution in [3.63, 3.8) is 0 Å². The maximum absolute atomic E-state index is 13.1. The van der Waals surface area contributed by atoms with Gasteiger partial charge in [-0.2, -0.15) is 0 Å². The molecule has 0 fully saturated rings. The van der Waals surface area contributed by atoms with E-state index in [4.69, 9.17) is 4.74 Å². The molecule has 0 spiro atoms. The van der Waals surface area contributed by atoms with Crippen LogP contribution in [-0.2, 0) is 25.1 Å². The van der Waals surface area contributed by atoms with Crippen LogP contribution in [0, 0.1) is 19.8 Å². The molecule has 2 aromatic carbocycles. The topological polar surface area (TPSA) is 133 Å². The van der Waals surface area contributed by atoms with Crippen molar-refractivity contribution in [2.75, 3.05) is 17.7 Å². The predicted molar refractivity (Wildman–Crippen MR) is 155 cm³/mol. The molecule has 1 N–H and O–H groups in total. The number of hydrogen-bond donors (Lipinski definition) is 1. The van der Waals surface area contributed by atoms with Gasteiger partial charge < -0.3 is 10.1 Å². The molecular weight excluding hydrogens is 571 g/mol. The van der Waals surface area contributed by atoms with E-state index in [-0.39, 0.29) is 39.2 Å². The van der Waals surface area contributed by atoms with E-state index >= 15 is 0 Å². The first-order valence-corrected chi connectivity index (χ1v) is 15.8. The molecule has 4 aromatic rings. The minimum atomic E-state index is -3.69. The lowest BCUT2D eigenvalue weighted by atomic mass is 10.2. The van der Waals surface area contributed by atoms with Gasteiger partial charge in [0.1, 0.15) is 10.6 Å². The summed E-state index contributed by atoms with van der Waals surface area (Å²) in [4.78, 5) is 29.9. The number of rotatable bonds is 11. The number of aryl methyl sites for hydroxylation is 2. The second kappa shape index (κ2) is 12.7. The second-order valence-electron chi connectivity index (χ2n) is 9.40. The van der Waals surface area contributed by atoms with E-state index < -0.39 is 15.8 Å². The fraction of sp³-hybridized carbons (Fsp3) is 0.296. The second-order valence-corrected chi connectivity index (χ2v) is 13.3. The van der Waals surface area contributed by atoms with E-state index in [1.165, 1.54) is 0 Å². The first kappa shape index (κ1) is 29.4. The average molecular weight is 600 g/mol. The van der Waals surface area contributed by atoms with Crippen LogP contribution in [0.4, 0.5) is 5.13 Å². The number of thioether (sulfide) groups is 1. The fourth-order valence-corrected chi connectivity index (χ4v) is 6.45. The third-order valence-corrected chi connectivity index (χ3v) is 9.13. The Bertz CT molecular complexity index is 1600. The summed E-state index contributed by atoms with van der Waals surface area (Å²) >= 11 is 2.16. The Hall–Kier alpha value is -3.55. The number of anilines is 1. The highest BCUT2D eigenvalue weighted by Gasteiger charge is 2.24. The lowest BCUT2D eigenvalue weighted by Crippen LogP contribution is -2.15. The molecule has 0 aliphatic heterocycles. The number of para-hydroxylation sites is 1. The van der Waals surface area contributed by atoms with Crippen LogP contribution >= 0.6 is 23.1 Å². The van der Waals surface area contributed by atoms with Crippen LogP contribution in [0.3, 0.4) is 0 Å². The molecule has 10 nitrogen and oxygen atoms in total. The van der Waals surface area contributed by atoms with E-state index in [0.717, 1.165) is 28.7 Å². The summed E-state index contributed by atoms with van der Waals surface area (Å²) in [5.74, 6) is -0.801. The minimum absolute atomic E-state index is 0.0402. The molecule has 0 bridgehead atoms. The highest BCUT2D eigenvalue weighted by molar-refractivity contribution is 7.99. The SMILES string of the molecule is Cc1ccc(S(=O)(=O)Cc2nnc(SCC(=O)Nc3nc(C)c(C(=O)OCC(C)C)s3)n2-c2ccccc2)cc1. The van der Waals surface area contributed by atoms with Crippen LogP contribution in [0.1, 0.15) is 40.6 Å². The molecule has 1 amide bonds. The number of nitrogens with one attached hydrogen (secondary N) is 1. The van der Waals surface area contributed by atoms with Crippen molar-refractivity contribution in [1.29, 1.82) is 0 Å². The van der Waals surface area contributed by atoms with Crippen molar-refractivity contribution < 1.29 is 22.7 Å². The summed E-state index contributed by atoms with van der Waals surface area (Å²) in [5.41, 5.74) is 2.10. The highest BCUT2D eigenvalue weighted by atomic mass is 32.2.